The number of aromatic nitrogens is 1. The van der Waals surface area contributed by atoms with E-state index in [1.165, 1.54) is 7.11 Å². The lowest BCUT2D eigenvalue weighted by Crippen LogP contribution is -2.14. The Morgan fingerprint density at radius 3 is 2.75 bits per heavy atom. The third-order valence-corrected chi connectivity index (χ3v) is 4.21. The van der Waals surface area contributed by atoms with Crippen LogP contribution in [0, 0.1) is 6.92 Å². The molecule has 6 nitrogen and oxygen atoms in total. The molecule has 1 heterocycles. The van der Waals surface area contributed by atoms with Crippen LogP contribution in [0.2, 0.25) is 0 Å². The van der Waals surface area contributed by atoms with E-state index in [0.29, 0.717) is 34.5 Å². The van der Waals surface area contributed by atoms with E-state index in [-0.39, 0.29) is 11.7 Å². The number of hydrogen-bond donors (Lipinski definition) is 2. The molecule has 1 aromatic heterocycles. The summed E-state index contributed by atoms with van der Waals surface area (Å²) in [7, 11) is 1.30. The number of amides is 1. The molecule has 0 radical (unpaired) electrons. The van der Waals surface area contributed by atoms with Gasteiger partial charge in [-0.3, -0.25) is 9.59 Å². The van der Waals surface area contributed by atoms with Gasteiger partial charge in [-0.15, -0.1) is 0 Å². The number of ketones is 1. The highest BCUT2D eigenvalue weighted by molar-refractivity contribution is 6.08. The molecule has 1 aliphatic carbocycles. The zero-order valence-corrected chi connectivity index (χ0v) is 13.6. The lowest BCUT2D eigenvalue weighted by atomic mass is 9.94. The van der Waals surface area contributed by atoms with Crippen molar-refractivity contribution in [2.24, 2.45) is 0 Å². The summed E-state index contributed by atoms with van der Waals surface area (Å²) in [4.78, 5) is 39.2. The van der Waals surface area contributed by atoms with Gasteiger partial charge in [0.2, 0.25) is 0 Å². The number of fused-ring (bicyclic) bond motifs is 1. The number of rotatable bonds is 3. The van der Waals surface area contributed by atoms with E-state index in [1.54, 1.807) is 31.2 Å². The number of carbonyl (C=O) groups is 3. The molecule has 0 saturated carbocycles. The van der Waals surface area contributed by atoms with Crippen molar-refractivity contribution in [2.75, 3.05) is 12.4 Å². The molecule has 0 aliphatic heterocycles. The first-order chi connectivity index (χ1) is 11.5. The summed E-state index contributed by atoms with van der Waals surface area (Å²) < 4.78 is 4.67. The van der Waals surface area contributed by atoms with Crippen LogP contribution in [0.1, 0.15) is 55.3 Å². The van der Waals surface area contributed by atoms with Gasteiger partial charge in [-0.1, -0.05) is 6.07 Å². The Balaban J connectivity index is 1.86. The van der Waals surface area contributed by atoms with Gasteiger partial charge in [0, 0.05) is 23.4 Å². The minimum Gasteiger partial charge on any atom is -0.465 e. The molecule has 2 N–H and O–H groups in total. The van der Waals surface area contributed by atoms with E-state index in [9.17, 15) is 14.4 Å². The molecule has 0 saturated heterocycles. The maximum atomic E-state index is 12.5. The van der Waals surface area contributed by atoms with Gasteiger partial charge in [-0.05, 0) is 43.5 Å². The van der Waals surface area contributed by atoms with Crippen LogP contribution in [0.25, 0.3) is 0 Å². The van der Waals surface area contributed by atoms with Crippen LogP contribution in [0.3, 0.4) is 0 Å². The predicted molar refractivity (Wildman–Crippen MR) is 88.5 cm³/mol. The van der Waals surface area contributed by atoms with Crippen molar-refractivity contribution in [3.8, 4) is 0 Å². The molecule has 0 fully saturated rings. The molecule has 124 valence electrons. The molecule has 1 aliphatic rings. The molecule has 0 atom stereocenters. The second-order valence-electron chi connectivity index (χ2n) is 5.78. The van der Waals surface area contributed by atoms with Crippen LogP contribution in [-0.2, 0) is 11.2 Å². The highest BCUT2D eigenvalue weighted by atomic mass is 16.5. The number of aryl methyl sites for hydroxylation is 1. The van der Waals surface area contributed by atoms with Crippen molar-refractivity contribution in [3.63, 3.8) is 0 Å². The Bertz CT molecular complexity index is 836. The molecule has 3 rings (SSSR count). The first-order valence-corrected chi connectivity index (χ1v) is 7.75. The molecule has 2 aromatic rings. The van der Waals surface area contributed by atoms with E-state index in [4.69, 9.17) is 0 Å². The van der Waals surface area contributed by atoms with E-state index in [2.05, 4.69) is 15.0 Å². The average Bonchev–Trinajstić information content (AvgIpc) is 2.92. The van der Waals surface area contributed by atoms with Gasteiger partial charge in [0.25, 0.3) is 5.91 Å². The Kier molecular flexibility index (Phi) is 4.20. The monoisotopic (exact) mass is 326 g/mol. The van der Waals surface area contributed by atoms with Gasteiger partial charge in [0.1, 0.15) is 5.69 Å². The SMILES string of the molecule is COC(=O)c1cccc(NC(=O)c2[nH]c3c(c2C)C(=O)CCC3)c1. The van der Waals surface area contributed by atoms with E-state index < -0.39 is 5.97 Å². The standard InChI is InChI=1S/C18H18N2O4/c1-10-15-13(7-4-8-14(15)21)20-16(10)17(22)19-12-6-3-5-11(9-12)18(23)24-2/h3,5-6,9,20H,4,7-8H2,1-2H3,(H,19,22). The predicted octanol–water partition coefficient (Wildman–Crippen LogP) is 2.88. The van der Waals surface area contributed by atoms with Crippen molar-refractivity contribution >= 4 is 23.3 Å². The number of hydrogen-bond acceptors (Lipinski definition) is 4. The second-order valence-corrected chi connectivity index (χ2v) is 5.78. The quantitative estimate of drug-likeness (QED) is 0.849. The molecule has 1 amide bonds. The summed E-state index contributed by atoms with van der Waals surface area (Å²) in [6, 6.07) is 6.51. The fourth-order valence-electron chi connectivity index (χ4n) is 3.04. The van der Waals surface area contributed by atoms with E-state index in [1.807, 2.05) is 0 Å². The zero-order chi connectivity index (χ0) is 17.3. The van der Waals surface area contributed by atoms with Crippen LogP contribution >= 0.6 is 0 Å². The number of H-pyrrole nitrogens is 1. The molecule has 0 spiro atoms. The van der Waals surface area contributed by atoms with Crippen molar-refractivity contribution < 1.29 is 19.1 Å². The van der Waals surface area contributed by atoms with Crippen LogP contribution < -0.4 is 5.32 Å². The molecule has 24 heavy (non-hydrogen) atoms. The molecular weight excluding hydrogens is 308 g/mol. The Hall–Kier alpha value is -2.89. The summed E-state index contributed by atoms with van der Waals surface area (Å²) in [6.45, 7) is 1.78. The first kappa shape index (κ1) is 16.0. The highest BCUT2D eigenvalue weighted by Crippen LogP contribution is 2.27. The van der Waals surface area contributed by atoms with Gasteiger partial charge in [0.05, 0.1) is 12.7 Å². The maximum Gasteiger partial charge on any atom is 0.337 e. The van der Waals surface area contributed by atoms with Crippen LogP contribution in [0.5, 0.6) is 0 Å². The van der Waals surface area contributed by atoms with Crippen molar-refractivity contribution in [3.05, 3.63) is 52.3 Å². The molecule has 0 bridgehead atoms. The Labute approximate surface area is 139 Å². The number of nitrogens with one attached hydrogen (secondary N) is 2. The highest BCUT2D eigenvalue weighted by Gasteiger charge is 2.26. The largest absolute Gasteiger partial charge is 0.465 e. The lowest BCUT2D eigenvalue weighted by Gasteiger charge is -2.09. The lowest BCUT2D eigenvalue weighted by molar-refractivity contribution is 0.0600. The normalized spacial score (nSPS) is 13.3. The van der Waals surface area contributed by atoms with E-state index in [0.717, 1.165) is 18.5 Å². The van der Waals surface area contributed by atoms with Crippen LogP contribution in [-0.4, -0.2) is 29.8 Å². The molecule has 0 unspecified atom stereocenters. The third kappa shape index (κ3) is 2.82. The number of aromatic amines is 1. The smallest absolute Gasteiger partial charge is 0.337 e. The Morgan fingerprint density at radius 2 is 2.04 bits per heavy atom. The maximum absolute atomic E-state index is 12.5. The number of benzene rings is 1. The van der Waals surface area contributed by atoms with Gasteiger partial charge in [0.15, 0.2) is 5.78 Å². The van der Waals surface area contributed by atoms with Gasteiger partial charge in [-0.25, -0.2) is 4.79 Å². The number of methoxy groups -OCH3 is 1. The van der Waals surface area contributed by atoms with Crippen LogP contribution in [0.15, 0.2) is 24.3 Å². The fraction of sp³-hybridized carbons (Fsp3) is 0.278. The summed E-state index contributed by atoms with van der Waals surface area (Å²) in [5.74, 6) is -0.725. The van der Waals surface area contributed by atoms with Crippen molar-refractivity contribution in [2.45, 2.75) is 26.2 Å². The Morgan fingerprint density at radius 1 is 1.25 bits per heavy atom. The van der Waals surface area contributed by atoms with E-state index >= 15 is 0 Å². The number of carbonyl (C=O) groups excluding carboxylic acids is 3. The summed E-state index contributed by atoms with van der Waals surface area (Å²) in [5, 5.41) is 2.75. The second kappa shape index (κ2) is 6.31. The van der Waals surface area contributed by atoms with Gasteiger partial charge >= 0.3 is 5.97 Å². The molecular formula is C18H18N2O4. The number of Topliss-reactive ketones (excluding diaryl/α,β-unsaturated/α-hetero) is 1. The summed E-state index contributed by atoms with van der Waals surface area (Å²) >= 11 is 0. The van der Waals surface area contributed by atoms with Crippen molar-refractivity contribution in [1.82, 2.24) is 4.98 Å². The number of esters is 1. The minimum atomic E-state index is -0.469. The summed E-state index contributed by atoms with van der Waals surface area (Å²) in [5.41, 5.74) is 3.39. The van der Waals surface area contributed by atoms with Gasteiger partial charge < -0.3 is 15.0 Å². The fourth-order valence-corrected chi connectivity index (χ4v) is 3.04. The number of anilines is 1. The first-order valence-electron chi connectivity index (χ1n) is 7.75. The van der Waals surface area contributed by atoms with Crippen molar-refractivity contribution in [1.29, 1.82) is 0 Å². The zero-order valence-electron chi connectivity index (χ0n) is 13.6. The minimum absolute atomic E-state index is 0.0803. The van der Waals surface area contributed by atoms with Crippen LogP contribution in [0.4, 0.5) is 5.69 Å². The topological polar surface area (TPSA) is 88.3 Å². The average molecular weight is 326 g/mol. The number of ether oxygens (including phenoxy) is 1. The molecule has 1 aromatic carbocycles. The summed E-state index contributed by atoms with van der Waals surface area (Å²) in [6.07, 6.45) is 2.09. The molecule has 6 heteroatoms. The third-order valence-electron chi connectivity index (χ3n) is 4.21. The van der Waals surface area contributed by atoms with Gasteiger partial charge in [-0.2, -0.15) is 0 Å².